The van der Waals surface area contributed by atoms with Crippen molar-refractivity contribution in [1.29, 1.82) is 0 Å². The maximum Gasteiger partial charge on any atom is 0.232 e. The summed E-state index contributed by atoms with van der Waals surface area (Å²) in [5, 5.41) is 2.73. The summed E-state index contributed by atoms with van der Waals surface area (Å²) in [5.41, 5.74) is 0.249. The maximum absolute atomic E-state index is 13.3. The minimum atomic E-state index is -3.55. The molecule has 22 heavy (non-hydrogen) atoms. The molecule has 1 rings (SSSR count). The second-order valence-electron chi connectivity index (χ2n) is 5.12. The number of hydrogen-bond donors (Lipinski definition) is 1. The van der Waals surface area contributed by atoms with E-state index in [1.165, 1.54) is 18.2 Å². The highest BCUT2D eigenvalue weighted by Gasteiger charge is 2.19. The van der Waals surface area contributed by atoms with Gasteiger partial charge < -0.3 is 5.32 Å². The summed E-state index contributed by atoms with van der Waals surface area (Å²) in [6.07, 6.45) is 2.53. The van der Waals surface area contributed by atoms with Crippen LogP contribution < -0.4 is 9.62 Å². The predicted octanol–water partition coefficient (Wildman–Crippen LogP) is 2.14. The molecule has 0 radical (unpaired) electrons. The molecule has 0 atom stereocenters. The number of nitrogens with zero attached hydrogens (tertiary/aromatic N) is 1. The fourth-order valence-corrected chi connectivity index (χ4v) is 3.12. The van der Waals surface area contributed by atoms with Crippen LogP contribution in [0.5, 0.6) is 0 Å². The molecule has 0 aromatic heterocycles. The van der Waals surface area contributed by atoms with Crippen LogP contribution in [0.25, 0.3) is 0 Å². The Bertz CT molecular complexity index is 601. The molecule has 0 saturated heterocycles. The number of benzene rings is 1. The lowest BCUT2D eigenvalue weighted by atomic mass is 10.0. The first kappa shape index (κ1) is 18.4. The second-order valence-corrected chi connectivity index (χ2v) is 7.03. The number of carbonyl (C=O) groups excluding carboxylic acids is 1. The van der Waals surface area contributed by atoms with Crippen LogP contribution in [0, 0.1) is 11.7 Å². The summed E-state index contributed by atoms with van der Waals surface area (Å²) in [6.45, 7) is 4.11. The fourth-order valence-electron chi connectivity index (χ4n) is 2.20. The second kappa shape index (κ2) is 8.12. The fraction of sp³-hybridized carbons (Fsp3) is 0.533. The van der Waals surface area contributed by atoms with Gasteiger partial charge in [0.05, 0.1) is 18.5 Å². The van der Waals surface area contributed by atoms with Gasteiger partial charge in [0.2, 0.25) is 15.9 Å². The number of hydrogen-bond acceptors (Lipinski definition) is 3. The van der Waals surface area contributed by atoms with Gasteiger partial charge in [-0.05, 0) is 31.0 Å². The van der Waals surface area contributed by atoms with Gasteiger partial charge in [-0.3, -0.25) is 9.10 Å². The molecule has 0 aliphatic carbocycles. The Kier molecular flexibility index (Phi) is 6.80. The Balaban J connectivity index is 2.75. The van der Waals surface area contributed by atoms with Crippen LogP contribution in [-0.4, -0.2) is 33.7 Å². The smallest absolute Gasteiger partial charge is 0.232 e. The zero-order valence-corrected chi connectivity index (χ0v) is 14.0. The first-order valence-corrected chi connectivity index (χ1v) is 9.15. The van der Waals surface area contributed by atoms with E-state index in [-0.39, 0.29) is 30.6 Å². The largest absolute Gasteiger partial charge is 0.354 e. The van der Waals surface area contributed by atoms with E-state index in [1.54, 1.807) is 0 Å². The third kappa shape index (κ3) is 5.29. The van der Waals surface area contributed by atoms with Crippen molar-refractivity contribution in [3.05, 3.63) is 30.1 Å². The third-order valence-electron chi connectivity index (χ3n) is 3.47. The van der Waals surface area contributed by atoms with E-state index in [0.717, 1.165) is 29.5 Å². The average molecular weight is 330 g/mol. The number of rotatable bonds is 8. The number of carbonyl (C=O) groups is 1. The van der Waals surface area contributed by atoms with Gasteiger partial charge in [-0.1, -0.05) is 19.9 Å². The maximum atomic E-state index is 13.3. The Morgan fingerprint density at radius 2 is 1.95 bits per heavy atom. The molecule has 0 aliphatic rings. The van der Waals surface area contributed by atoms with Crippen LogP contribution >= 0.6 is 0 Å². The molecule has 0 fully saturated rings. The van der Waals surface area contributed by atoms with Crippen LogP contribution in [0.1, 0.15) is 26.7 Å². The van der Waals surface area contributed by atoms with Crippen molar-refractivity contribution in [2.75, 3.05) is 23.7 Å². The monoisotopic (exact) mass is 330 g/mol. The molecular weight excluding hydrogens is 307 g/mol. The lowest BCUT2D eigenvalue weighted by Gasteiger charge is -2.23. The molecule has 1 aromatic rings. The zero-order chi connectivity index (χ0) is 16.8. The van der Waals surface area contributed by atoms with Gasteiger partial charge in [0.15, 0.2) is 0 Å². The highest BCUT2D eigenvalue weighted by Crippen LogP contribution is 2.18. The highest BCUT2D eigenvalue weighted by molar-refractivity contribution is 7.92. The molecule has 5 nitrogen and oxygen atoms in total. The lowest BCUT2D eigenvalue weighted by Crippen LogP contribution is -2.40. The van der Waals surface area contributed by atoms with Gasteiger partial charge >= 0.3 is 0 Å². The van der Waals surface area contributed by atoms with Gasteiger partial charge in [0, 0.05) is 12.5 Å². The number of sulfonamides is 1. The topological polar surface area (TPSA) is 66.5 Å². The molecule has 0 saturated carbocycles. The summed E-state index contributed by atoms with van der Waals surface area (Å²) in [5.74, 6) is -0.661. The molecule has 0 heterocycles. The summed E-state index contributed by atoms with van der Waals surface area (Å²) >= 11 is 0. The Labute approximate surface area is 131 Å². The van der Waals surface area contributed by atoms with Crippen molar-refractivity contribution in [2.45, 2.75) is 26.7 Å². The molecule has 0 aliphatic heterocycles. The molecule has 0 spiro atoms. The highest BCUT2D eigenvalue weighted by atomic mass is 32.2. The van der Waals surface area contributed by atoms with Crippen LogP contribution in [0.2, 0.25) is 0 Å². The zero-order valence-electron chi connectivity index (χ0n) is 13.2. The molecule has 1 aromatic carbocycles. The molecular formula is C15H23FN2O3S. The predicted molar refractivity (Wildman–Crippen MR) is 85.7 cm³/mol. The van der Waals surface area contributed by atoms with Crippen molar-refractivity contribution in [2.24, 2.45) is 5.92 Å². The Hall–Kier alpha value is -1.63. The number of halogens is 1. The van der Waals surface area contributed by atoms with Gasteiger partial charge in [0.25, 0.3) is 0 Å². The number of amides is 1. The normalized spacial score (nSPS) is 11.5. The van der Waals surface area contributed by atoms with Crippen molar-refractivity contribution in [1.82, 2.24) is 5.32 Å². The standard InChI is InChI=1S/C15H23FN2O3S/c1-4-12(5-2)15(19)17-9-10-18(22(3,20)21)14-8-6-7-13(16)11-14/h6-8,11-12H,4-5,9-10H2,1-3H3,(H,17,19). The molecule has 1 N–H and O–H groups in total. The summed E-state index contributed by atoms with van der Waals surface area (Å²) in [7, 11) is -3.55. The third-order valence-corrected chi connectivity index (χ3v) is 4.66. The van der Waals surface area contributed by atoms with E-state index < -0.39 is 15.8 Å². The number of anilines is 1. The van der Waals surface area contributed by atoms with Gasteiger partial charge in [-0.15, -0.1) is 0 Å². The SMILES string of the molecule is CCC(CC)C(=O)NCCN(c1cccc(F)c1)S(C)(=O)=O. The van der Waals surface area contributed by atoms with E-state index >= 15 is 0 Å². The average Bonchev–Trinajstić information content (AvgIpc) is 2.43. The molecule has 0 unspecified atom stereocenters. The van der Waals surface area contributed by atoms with Crippen molar-refractivity contribution in [3.8, 4) is 0 Å². The van der Waals surface area contributed by atoms with E-state index in [0.29, 0.717) is 0 Å². The van der Waals surface area contributed by atoms with Crippen LogP contribution in [0.4, 0.5) is 10.1 Å². The first-order chi connectivity index (χ1) is 10.3. The van der Waals surface area contributed by atoms with E-state index in [2.05, 4.69) is 5.32 Å². The molecule has 0 bridgehead atoms. The Morgan fingerprint density at radius 3 is 2.45 bits per heavy atom. The Morgan fingerprint density at radius 1 is 1.32 bits per heavy atom. The van der Waals surface area contributed by atoms with E-state index in [1.807, 2.05) is 13.8 Å². The number of nitrogens with one attached hydrogen (secondary N) is 1. The van der Waals surface area contributed by atoms with E-state index in [4.69, 9.17) is 0 Å². The van der Waals surface area contributed by atoms with Gasteiger partial charge in [-0.2, -0.15) is 0 Å². The first-order valence-electron chi connectivity index (χ1n) is 7.30. The molecule has 1 amide bonds. The minimum absolute atomic E-state index is 0.0637. The van der Waals surface area contributed by atoms with Crippen LogP contribution in [0.3, 0.4) is 0 Å². The van der Waals surface area contributed by atoms with E-state index in [9.17, 15) is 17.6 Å². The summed E-state index contributed by atoms with van der Waals surface area (Å²) in [4.78, 5) is 11.9. The quantitative estimate of drug-likeness (QED) is 0.794. The van der Waals surface area contributed by atoms with Crippen molar-refractivity contribution < 1.29 is 17.6 Å². The minimum Gasteiger partial charge on any atom is -0.354 e. The lowest BCUT2D eigenvalue weighted by molar-refractivity contribution is -0.125. The van der Waals surface area contributed by atoms with Gasteiger partial charge in [0.1, 0.15) is 5.82 Å². The van der Waals surface area contributed by atoms with Crippen LogP contribution in [0.15, 0.2) is 24.3 Å². The molecule has 7 heteroatoms. The van der Waals surface area contributed by atoms with Crippen molar-refractivity contribution >= 4 is 21.6 Å². The molecule has 124 valence electrons. The van der Waals surface area contributed by atoms with Crippen molar-refractivity contribution in [3.63, 3.8) is 0 Å². The summed E-state index contributed by atoms with van der Waals surface area (Å²) in [6, 6.07) is 5.38. The summed E-state index contributed by atoms with van der Waals surface area (Å²) < 4.78 is 38.1. The van der Waals surface area contributed by atoms with Crippen LogP contribution in [-0.2, 0) is 14.8 Å². The van der Waals surface area contributed by atoms with Gasteiger partial charge in [-0.25, -0.2) is 12.8 Å².